The zero-order valence-electron chi connectivity index (χ0n) is 19.3. The van der Waals surface area contributed by atoms with E-state index in [9.17, 15) is 14.4 Å². The normalized spacial score (nSPS) is 15.8. The molecule has 0 bridgehead atoms. The van der Waals surface area contributed by atoms with E-state index in [1.165, 1.54) is 29.7 Å². The van der Waals surface area contributed by atoms with Crippen LogP contribution in [0.1, 0.15) is 47.2 Å². The Kier molecular flexibility index (Phi) is 9.40. The monoisotopic (exact) mass is 464 g/mol. The van der Waals surface area contributed by atoms with E-state index in [0.717, 1.165) is 44.6 Å². The summed E-state index contributed by atoms with van der Waals surface area (Å²) in [7, 11) is 0. The third kappa shape index (κ3) is 8.15. The highest BCUT2D eigenvalue weighted by molar-refractivity contribution is 5.96. The molecule has 0 aliphatic carbocycles. The maximum atomic E-state index is 12.6. The van der Waals surface area contributed by atoms with Gasteiger partial charge in [0.15, 0.2) is 5.78 Å². The van der Waals surface area contributed by atoms with E-state index < -0.39 is 11.9 Å². The lowest BCUT2D eigenvalue weighted by molar-refractivity contribution is -0.134. The van der Waals surface area contributed by atoms with Crippen molar-refractivity contribution in [3.05, 3.63) is 77.4 Å². The molecule has 1 fully saturated rings. The van der Waals surface area contributed by atoms with Crippen molar-refractivity contribution in [1.29, 1.82) is 0 Å². The van der Waals surface area contributed by atoms with Gasteiger partial charge in [0.2, 0.25) is 0 Å². The number of hydrogen-bond acceptors (Lipinski definition) is 5. The van der Waals surface area contributed by atoms with Crippen LogP contribution in [0.4, 0.5) is 5.69 Å². The third-order valence-corrected chi connectivity index (χ3v) is 6.24. The molecule has 180 valence electrons. The minimum atomic E-state index is -1.26. The third-order valence-electron chi connectivity index (χ3n) is 6.24. The Balaban J connectivity index is 0.000000350. The van der Waals surface area contributed by atoms with E-state index in [1.807, 2.05) is 6.07 Å². The van der Waals surface area contributed by atoms with Gasteiger partial charge in [-0.2, -0.15) is 0 Å². The molecular formula is C27H32N2O5. The Morgan fingerprint density at radius 3 is 2.29 bits per heavy atom. The Bertz CT molecular complexity index is 995. The summed E-state index contributed by atoms with van der Waals surface area (Å²) in [5.74, 6) is -1.51. The van der Waals surface area contributed by atoms with Crippen molar-refractivity contribution >= 4 is 23.4 Å². The smallest absolute Gasteiger partial charge is 0.328 e. The van der Waals surface area contributed by atoms with Crippen LogP contribution in [0.2, 0.25) is 0 Å². The zero-order valence-corrected chi connectivity index (χ0v) is 19.3. The molecule has 7 nitrogen and oxygen atoms in total. The number of piperidine rings is 1. The van der Waals surface area contributed by atoms with Gasteiger partial charge in [0.25, 0.3) is 0 Å². The number of carbonyl (C=O) groups is 3. The van der Waals surface area contributed by atoms with Crippen LogP contribution < -0.4 is 5.32 Å². The number of Topliss-reactive ketones (excluding diaryl/α,β-unsaturated/α-hetero) is 1. The van der Waals surface area contributed by atoms with E-state index in [0.29, 0.717) is 30.3 Å². The fourth-order valence-electron chi connectivity index (χ4n) is 4.38. The van der Waals surface area contributed by atoms with Crippen molar-refractivity contribution in [2.75, 3.05) is 25.0 Å². The van der Waals surface area contributed by atoms with Crippen LogP contribution in [-0.2, 0) is 22.6 Å². The maximum Gasteiger partial charge on any atom is 0.328 e. The largest absolute Gasteiger partial charge is 0.478 e. The first-order valence-electron chi connectivity index (χ1n) is 11.7. The summed E-state index contributed by atoms with van der Waals surface area (Å²) in [6.45, 7) is 4.35. The summed E-state index contributed by atoms with van der Waals surface area (Å²) in [5.41, 5.74) is 4.79. The molecule has 0 spiro atoms. The lowest BCUT2D eigenvalue weighted by atomic mass is 9.90. The number of carbonyl (C=O) groups excluding carboxylic acids is 1. The molecule has 1 saturated heterocycles. The van der Waals surface area contributed by atoms with Gasteiger partial charge in [-0.15, -0.1) is 0 Å². The number of carboxylic acids is 2. The number of benzene rings is 2. The number of rotatable bonds is 8. The average Bonchev–Trinajstić information content (AvgIpc) is 3.31. The van der Waals surface area contributed by atoms with Crippen LogP contribution in [0.25, 0.3) is 0 Å². The lowest BCUT2D eigenvalue weighted by Crippen LogP contribution is -2.33. The van der Waals surface area contributed by atoms with E-state index >= 15 is 0 Å². The van der Waals surface area contributed by atoms with Gasteiger partial charge in [-0.1, -0.05) is 30.3 Å². The van der Waals surface area contributed by atoms with E-state index in [1.54, 1.807) is 0 Å². The summed E-state index contributed by atoms with van der Waals surface area (Å²) < 4.78 is 0. The second kappa shape index (κ2) is 12.7. The number of nitrogens with one attached hydrogen (secondary N) is 1. The van der Waals surface area contributed by atoms with E-state index in [2.05, 4.69) is 52.7 Å². The van der Waals surface area contributed by atoms with Crippen molar-refractivity contribution in [3.8, 4) is 0 Å². The van der Waals surface area contributed by atoms with Crippen molar-refractivity contribution in [1.82, 2.24) is 4.90 Å². The minimum absolute atomic E-state index is 0.311. The average molecular weight is 465 g/mol. The van der Waals surface area contributed by atoms with Crippen LogP contribution in [0.5, 0.6) is 0 Å². The van der Waals surface area contributed by atoms with Gasteiger partial charge in [-0.3, -0.25) is 9.69 Å². The Hall–Kier alpha value is -3.45. The van der Waals surface area contributed by atoms with E-state index in [-0.39, 0.29) is 0 Å². The second-order valence-electron chi connectivity index (χ2n) is 8.73. The summed E-state index contributed by atoms with van der Waals surface area (Å²) >= 11 is 0. The highest BCUT2D eigenvalue weighted by Crippen LogP contribution is 2.26. The predicted octanol–water partition coefficient (Wildman–Crippen LogP) is 4.24. The van der Waals surface area contributed by atoms with Gasteiger partial charge < -0.3 is 15.5 Å². The number of anilines is 1. The molecular weight excluding hydrogens is 432 g/mol. The first-order chi connectivity index (χ1) is 16.4. The van der Waals surface area contributed by atoms with Crippen molar-refractivity contribution < 1.29 is 24.6 Å². The van der Waals surface area contributed by atoms with Gasteiger partial charge in [-0.25, -0.2) is 9.59 Å². The molecule has 0 atom stereocenters. The Labute approximate surface area is 200 Å². The maximum absolute atomic E-state index is 12.6. The minimum Gasteiger partial charge on any atom is -0.478 e. The van der Waals surface area contributed by atoms with Crippen LogP contribution in [0, 0.1) is 5.92 Å². The molecule has 2 heterocycles. The molecule has 34 heavy (non-hydrogen) atoms. The molecule has 3 N–H and O–H groups in total. The number of likely N-dealkylation sites (tertiary alicyclic amines) is 1. The number of carboxylic acid groups (broad SMARTS) is 2. The van der Waals surface area contributed by atoms with Crippen LogP contribution >= 0.6 is 0 Å². The lowest BCUT2D eigenvalue weighted by Gasteiger charge is -2.32. The van der Waals surface area contributed by atoms with Gasteiger partial charge >= 0.3 is 11.9 Å². The fourth-order valence-corrected chi connectivity index (χ4v) is 4.38. The van der Waals surface area contributed by atoms with Crippen LogP contribution in [0.15, 0.2) is 60.7 Å². The summed E-state index contributed by atoms with van der Waals surface area (Å²) in [5, 5.41) is 19.0. The first-order valence-corrected chi connectivity index (χ1v) is 11.7. The molecule has 4 rings (SSSR count). The van der Waals surface area contributed by atoms with Gasteiger partial charge in [-0.05, 0) is 74.0 Å². The molecule has 7 heteroatoms. The van der Waals surface area contributed by atoms with E-state index in [4.69, 9.17) is 10.2 Å². The highest BCUT2D eigenvalue weighted by atomic mass is 16.4. The van der Waals surface area contributed by atoms with Gasteiger partial charge in [0.1, 0.15) is 0 Å². The summed E-state index contributed by atoms with van der Waals surface area (Å²) in [6, 6.07) is 16.9. The van der Waals surface area contributed by atoms with Gasteiger partial charge in [0, 0.05) is 42.9 Å². The first kappa shape index (κ1) is 25.2. The van der Waals surface area contributed by atoms with Gasteiger partial charge in [0.05, 0.1) is 0 Å². The van der Waals surface area contributed by atoms with Crippen molar-refractivity contribution in [2.45, 2.75) is 38.6 Å². The Morgan fingerprint density at radius 2 is 1.65 bits per heavy atom. The number of nitrogens with zero attached hydrogens (tertiary/aromatic N) is 1. The molecule has 2 aliphatic heterocycles. The summed E-state index contributed by atoms with van der Waals surface area (Å²) in [4.78, 5) is 34.2. The zero-order chi connectivity index (χ0) is 24.3. The molecule has 0 unspecified atom stereocenters. The number of hydrogen-bond donors (Lipinski definition) is 3. The molecule has 0 amide bonds. The highest BCUT2D eigenvalue weighted by Gasteiger charge is 2.21. The molecule has 2 aliphatic rings. The molecule has 0 saturated carbocycles. The fraction of sp³-hybridized carbons (Fsp3) is 0.370. The number of ketones is 1. The molecule has 0 radical (unpaired) electrons. The predicted molar refractivity (Wildman–Crippen MR) is 131 cm³/mol. The standard InChI is InChI=1S/C23H28N2O.C4H4O4/c26-23(21-7-8-22-20(16-21)10-13-24-22)9-6-18-11-14-25(15-12-18)17-19-4-2-1-3-5-19;5-3(6)1-2-4(7)8/h1-5,7-8,16,18,24H,6,9-15,17H2;1-2H,(H,5,6)(H,7,8). The molecule has 0 aromatic heterocycles. The van der Waals surface area contributed by atoms with Crippen molar-refractivity contribution in [2.24, 2.45) is 5.92 Å². The number of aliphatic carboxylic acids is 2. The Morgan fingerprint density at radius 1 is 0.971 bits per heavy atom. The van der Waals surface area contributed by atoms with Crippen LogP contribution in [-0.4, -0.2) is 52.5 Å². The molecule has 2 aromatic rings. The second-order valence-corrected chi connectivity index (χ2v) is 8.73. The topological polar surface area (TPSA) is 107 Å². The summed E-state index contributed by atoms with van der Waals surface area (Å²) in [6.07, 6.45) is 6.31. The quantitative estimate of drug-likeness (QED) is 0.396. The molecule has 2 aromatic carbocycles. The SMILES string of the molecule is O=C(CCC1CCN(Cc2ccccc2)CC1)c1ccc2c(c1)CCN2.O=C(O)C=CC(=O)O. The van der Waals surface area contributed by atoms with Crippen molar-refractivity contribution in [3.63, 3.8) is 0 Å². The van der Waals surface area contributed by atoms with Crippen LogP contribution in [0.3, 0.4) is 0 Å². The number of fused-ring (bicyclic) bond motifs is 1.